The van der Waals surface area contributed by atoms with Gasteiger partial charge < -0.3 is 28.4 Å². The molecule has 0 aromatic rings. The minimum absolute atomic E-state index is 0.0974. The topological polar surface area (TPSA) is 113 Å². The molecule has 0 amide bonds. The highest BCUT2D eigenvalue weighted by molar-refractivity contribution is 5.84. The first kappa shape index (κ1) is 23.9. The van der Waals surface area contributed by atoms with Crippen molar-refractivity contribution in [1.82, 2.24) is 0 Å². The van der Waals surface area contributed by atoms with Crippen molar-refractivity contribution in [2.75, 3.05) is 19.8 Å². The van der Waals surface area contributed by atoms with E-state index in [0.29, 0.717) is 25.9 Å². The predicted octanol–water partition coefficient (Wildman–Crippen LogP) is 2.33. The summed E-state index contributed by atoms with van der Waals surface area (Å²) in [6, 6.07) is 0. The molecular weight excluding hydrogens is 468 g/mol. The molecule has 0 aromatic carbocycles. The van der Waals surface area contributed by atoms with E-state index in [1.165, 1.54) is 29.9 Å². The van der Waals surface area contributed by atoms with Gasteiger partial charge in [-0.2, -0.15) is 0 Å². The summed E-state index contributed by atoms with van der Waals surface area (Å²) >= 11 is 0. The fourth-order valence-corrected chi connectivity index (χ4v) is 6.98. The average Bonchev–Trinajstić information content (AvgIpc) is 3.74. The van der Waals surface area contributed by atoms with Crippen LogP contribution in [0, 0.1) is 10.8 Å². The van der Waals surface area contributed by atoms with Crippen molar-refractivity contribution in [1.29, 1.82) is 0 Å². The van der Waals surface area contributed by atoms with Crippen LogP contribution in [0.3, 0.4) is 0 Å². The molecule has 4 aliphatic heterocycles. The van der Waals surface area contributed by atoms with Gasteiger partial charge in [-0.25, -0.2) is 14.4 Å². The first-order valence-electron chi connectivity index (χ1n) is 12.7. The van der Waals surface area contributed by atoms with Crippen molar-refractivity contribution >= 4 is 17.9 Å². The number of hydrogen-bond donors (Lipinski definition) is 0. The zero-order chi connectivity index (χ0) is 25.3. The van der Waals surface area contributed by atoms with E-state index < -0.39 is 52.1 Å². The molecule has 4 fully saturated rings. The number of hydrogen-bond acceptors (Lipinski definition) is 9. The lowest BCUT2D eigenvalue weighted by molar-refractivity contribution is -0.233. The summed E-state index contributed by atoms with van der Waals surface area (Å²) in [5.41, 5.74) is -1.36. The molecule has 2 spiro atoms. The molecule has 0 radical (unpaired) electrons. The Kier molecular flexibility index (Phi) is 5.31. The summed E-state index contributed by atoms with van der Waals surface area (Å²) in [6.45, 7) is 6.71. The predicted molar refractivity (Wildman–Crippen MR) is 123 cm³/mol. The highest BCUT2D eigenvalue weighted by Crippen LogP contribution is 2.72. The number of carbonyl (C=O) groups excluding carboxylic acids is 3. The van der Waals surface area contributed by atoms with E-state index in [1.807, 2.05) is 6.92 Å². The van der Waals surface area contributed by atoms with Crippen molar-refractivity contribution in [3.8, 4) is 0 Å². The Bertz CT molecular complexity index is 1090. The molecule has 36 heavy (non-hydrogen) atoms. The first-order chi connectivity index (χ1) is 17.1. The quantitative estimate of drug-likeness (QED) is 0.214. The normalized spacial score (nSPS) is 48.0. The second kappa shape index (κ2) is 8.00. The molecule has 1 saturated carbocycles. The largest absolute Gasteiger partial charge is 0.463 e. The number of epoxide rings is 2. The molecule has 6 rings (SSSR count). The number of ether oxygens (including phenoxy) is 6. The number of carbonyl (C=O) groups is 3. The highest BCUT2D eigenvalue weighted by Gasteiger charge is 2.83. The number of cyclic esters (lactones) is 2. The molecule has 8 atom stereocenters. The number of esters is 3. The molecule has 2 bridgehead atoms. The fraction of sp³-hybridized carbons (Fsp3) is 0.667. The van der Waals surface area contributed by atoms with Crippen molar-refractivity contribution in [3.63, 3.8) is 0 Å². The third kappa shape index (κ3) is 3.35. The van der Waals surface area contributed by atoms with Crippen molar-refractivity contribution in [2.45, 2.75) is 82.1 Å². The average molecular weight is 501 g/mol. The minimum atomic E-state index is -0.739. The van der Waals surface area contributed by atoms with Gasteiger partial charge in [0, 0.05) is 30.4 Å². The summed E-state index contributed by atoms with van der Waals surface area (Å²) in [5.74, 6) is -1.51. The zero-order valence-electron chi connectivity index (χ0n) is 20.8. The van der Waals surface area contributed by atoms with Gasteiger partial charge in [0.05, 0.1) is 30.8 Å². The van der Waals surface area contributed by atoms with Crippen LogP contribution in [0.5, 0.6) is 0 Å². The second-order valence-electron chi connectivity index (χ2n) is 11.3. The standard InChI is InChI=1S/C27H32O9/c1-16-8-9-26-14-32-23(30)22-24(2,36-22)10-11-31-20(28)6-4-5-7-21(29)35-17-13-19(34-18(26)12-16)27(15-33-27)25(17,26)3/h4-7,12,17-19,22H,8-11,13-15H2,1-3H3. The number of rotatable bonds is 0. The van der Waals surface area contributed by atoms with E-state index in [1.54, 1.807) is 0 Å². The molecule has 9 heteroatoms. The smallest absolute Gasteiger partial charge is 0.338 e. The lowest BCUT2D eigenvalue weighted by Crippen LogP contribution is -2.66. The van der Waals surface area contributed by atoms with Crippen LogP contribution >= 0.6 is 0 Å². The molecule has 9 nitrogen and oxygen atoms in total. The summed E-state index contributed by atoms with van der Waals surface area (Å²) in [4.78, 5) is 37.8. The lowest BCUT2D eigenvalue weighted by atomic mass is 9.51. The molecule has 3 saturated heterocycles. The van der Waals surface area contributed by atoms with E-state index in [2.05, 4.69) is 19.9 Å². The Labute approximate surface area is 209 Å². The van der Waals surface area contributed by atoms with Crippen molar-refractivity contribution in [2.24, 2.45) is 10.8 Å². The van der Waals surface area contributed by atoms with Gasteiger partial charge >= 0.3 is 17.9 Å². The van der Waals surface area contributed by atoms with Gasteiger partial charge in [-0.15, -0.1) is 0 Å². The molecule has 6 aliphatic rings. The van der Waals surface area contributed by atoms with Gasteiger partial charge in [0.15, 0.2) is 6.10 Å². The summed E-state index contributed by atoms with van der Waals surface area (Å²) in [7, 11) is 0. The highest BCUT2D eigenvalue weighted by atomic mass is 16.7. The Morgan fingerprint density at radius 2 is 1.69 bits per heavy atom. The Morgan fingerprint density at radius 1 is 0.944 bits per heavy atom. The molecule has 0 aromatic heterocycles. The first-order valence-corrected chi connectivity index (χ1v) is 12.7. The van der Waals surface area contributed by atoms with Crippen LogP contribution in [0.25, 0.3) is 0 Å². The summed E-state index contributed by atoms with van der Waals surface area (Å²) < 4.78 is 35.6. The molecule has 4 heterocycles. The SMILES string of the molecule is CC1=CC2OC3CC4OC(=O)C=CC=CC(=O)OCCC5(C)OC5C(=O)OCC2(CC1)C4(C)C31CO1. The van der Waals surface area contributed by atoms with Crippen LogP contribution < -0.4 is 0 Å². The van der Waals surface area contributed by atoms with Gasteiger partial charge in [0.1, 0.15) is 23.9 Å². The second-order valence-corrected chi connectivity index (χ2v) is 11.3. The molecular formula is C27H32O9. The maximum atomic E-state index is 13.1. The Hall–Kier alpha value is -2.49. The van der Waals surface area contributed by atoms with Crippen molar-refractivity contribution in [3.05, 3.63) is 36.0 Å². The molecule has 2 aliphatic carbocycles. The monoisotopic (exact) mass is 500 g/mol. The summed E-state index contributed by atoms with van der Waals surface area (Å²) in [6.07, 6.45) is 8.23. The van der Waals surface area contributed by atoms with E-state index in [-0.39, 0.29) is 25.4 Å². The van der Waals surface area contributed by atoms with E-state index >= 15 is 0 Å². The van der Waals surface area contributed by atoms with Crippen LogP contribution in [-0.4, -0.2) is 73.3 Å². The fourth-order valence-electron chi connectivity index (χ4n) is 6.98. The van der Waals surface area contributed by atoms with Crippen LogP contribution in [0.4, 0.5) is 0 Å². The Balaban J connectivity index is 1.37. The van der Waals surface area contributed by atoms with E-state index in [9.17, 15) is 14.4 Å². The molecule has 0 N–H and O–H groups in total. The Morgan fingerprint density at radius 3 is 2.44 bits per heavy atom. The lowest BCUT2D eigenvalue weighted by Gasteiger charge is -2.58. The molecule has 194 valence electrons. The van der Waals surface area contributed by atoms with Crippen LogP contribution in [0.2, 0.25) is 0 Å². The van der Waals surface area contributed by atoms with E-state index in [4.69, 9.17) is 28.4 Å². The van der Waals surface area contributed by atoms with Gasteiger partial charge in [0.25, 0.3) is 0 Å². The van der Waals surface area contributed by atoms with Gasteiger partial charge in [-0.05, 0) is 26.7 Å². The summed E-state index contributed by atoms with van der Waals surface area (Å²) in [5, 5.41) is 0. The number of fused-ring (bicyclic) bond motifs is 1. The maximum Gasteiger partial charge on any atom is 0.338 e. The maximum absolute atomic E-state index is 13.1. The van der Waals surface area contributed by atoms with Gasteiger partial charge in [-0.1, -0.05) is 30.7 Å². The third-order valence-electron chi connectivity index (χ3n) is 9.47. The van der Waals surface area contributed by atoms with E-state index in [0.717, 1.165) is 6.42 Å². The third-order valence-corrected chi connectivity index (χ3v) is 9.47. The van der Waals surface area contributed by atoms with Crippen LogP contribution in [-0.2, 0) is 42.8 Å². The van der Waals surface area contributed by atoms with Crippen LogP contribution in [0.15, 0.2) is 36.0 Å². The van der Waals surface area contributed by atoms with Gasteiger partial charge in [-0.3, -0.25) is 0 Å². The number of allylic oxidation sites excluding steroid dienone is 3. The zero-order valence-corrected chi connectivity index (χ0v) is 20.8. The van der Waals surface area contributed by atoms with Crippen LogP contribution in [0.1, 0.15) is 46.5 Å². The molecule has 8 unspecified atom stereocenters. The van der Waals surface area contributed by atoms with Gasteiger partial charge in [0.2, 0.25) is 0 Å². The van der Waals surface area contributed by atoms with Crippen molar-refractivity contribution < 1.29 is 42.8 Å². The minimum Gasteiger partial charge on any atom is -0.463 e.